The lowest BCUT2D eigenvalue weighted by Crippen LogP contribution is -2.46. The van der Waals surface area contributed by atoms with Crippen LogP contribution in [0.25, 0.3) is 0 Å². The Hall–Kier alpha value is -0.930. The molecule has 0 aromatic carbocycles. The SMILES string of the molecule is CC(C#N)S(=O)(=O)N1CCCC1C1CCCCC1=O. The molecule has 0 aromatic rings. The fourth-order valence-corrected chi connectivity index (χ4v) is 4.72. The van der Waals surface area contributed by atoms with Gasteiger partial charge in [-0.1, -0.05) is 6.42 Å². The lowest BCUT2D eigenvalue weighted by atomic mass is 9.82. The van der Waals surface area contributed by atoms with Crippen molar-refractivity contribution in [2.24, 2.45) is 5.92 Å². The van der Waals surface area contributed by atoms with E-state index in [4.69, 9.17) is 5.26 Å². The van der Waals surface area contributed by atoms with Crippen molar-refractivity contribution in [3.05, 3.63) is 0 Å². The van der Waals surface area contributed by atoms with Gasteiger partial charge in [-0.05, 0) is 32.6 Å². The van der Waals surface area contributed by atoms with Crippen LogP contribution in [0, 0.1) is 17.2 Å². The largest absolute Gasteiger partial charge is 0.299 e. The van der Waals surface area contributed by atoms with Crippen LogP contribution < -0.4 is 0 Å². The number of sulfonamides is 1. The van der Waals surface area contributed by atoms with Gasteiger partial charge in [0.2, 0.25) is 10.0 Å². The molecule has 1 heterocycles. The summed E-state index contributed by atoms with van der Waals surface area (Å²) in [6, 6.07) is 1.59. The molecule has 6 heteroatoms. The highest BCUT2D eigenvalue weighted by Crippen LogP contribution is 2.34. The number of carbonyl (C=O) groups is 1. The van der Waals surface area contributed by atoms with Crippen molar-refractivity contribution in [3.8, 4) is 6.07 Å². The summed E-state index contributed by atoms with van der Waals surface area (Å²) in [5, 5.41) is 7.82. The van der Waals surface area contributed by atoms with Gasteiger partial charge in [-0.25, -0.2) is 8.42 Å². The van der Waals surface area contributed by atoms with Crippen LogP contribution >= 0.6 is 0 Å². The maximum absolute atomic E-state index is 12.3. The van der Waals surface area contributed by atoms with Gasteiger partial charge >= 0.3 is 0 Å². The van der Waals surface area contributed by atoms with Crippen LogP contribution in [0.2, 0.25) is 0 Å². The van der Waals surface area contributed by atoms with Gasteiger partial charge in [0.25, 0.3) is 0 Å². The van der Waals surface area contributed by atoms with Gasteiger partial charge in [-0.3, -0.25) is 4.79 Å². The third kappa shape index (κ3) is 2.67. The van der Waals surface area contributed by atoms with Crippen molar-refractivity contribution in [2.75, 3.05) is 6.54 Å². The number of hydrogen-bond acceptors (Lipinski definition) is 4. The second kappa shape index (κ2) is 5.59. The highest BCUT2D eigenvalue weighted by Gasteiger charge is 2.43. The van der Waals surface area contributed by atoms with E-state index in [0.717, 1.165) is 32.1 Å². The molecule has 106 valence electrons. The van der Waals surface area contributed by atoms with Crippen LogP contribution in [0.1, 0.15) is 45.4 Å². The zero-order chi connectivity index (χ0) is 14.0. The van der Waals surface area contributed by atoms with Crippen LogP contribution in [0.15, 0.2) is 0 Å². The Labute approximate surface area is 114 Å². The molecule has 3 unspecified atom stereocenters. The van der Waals surface area contributed by atoms with E-state index in [1.807, 2.05) is 0 Å². The van der Waals surface area contributed by atoms with Crippen molar-refractivity contribution in [3.63, 3.8) is 0 Å². The van der Waals surface area contributed by atoms with Gasteiger partial charge in [0, 0.05) is 24.9 Å². The molecule has 0 N–H and O–H groups in total. The predicted molar refractivity (Wildman–Crippen MR) is 70.7 cm³/mol. The second-order valence-electron chi connectivity index (χ2n) is 5.46. The molecule has 2 fully saturated rings. The van der Waals surface area contributed by atoms with Crippen molar-refractivity contribution in [1.29, 1.82) is 5.26 Å². The molecule has 1 saturated heterocycles. The maximum Gasteiger partial charge on any atom is 0.230 e. The van der Waals surface area contributed by atoms with Gasteiger partial charge in [0.05, 0.1) is 6.07 Å². The van der Waals surface area contributed by atoms with Crippen LogP contribution in [-0.2, 0) is 14.8 Å². The Balaban J connectivity index is 2.22. The summed E-state index contributed by atoms with van der Waals surface area (Å²) in [7, 11) is -3.59. The van der Waals surface area contributed by atoms with Gasteiger partial charge in [0.1, 0.15) is 5.78 Å². The number of carbonyl (C=O) groups excluding carboxylic acids is 1. The second-order valence-corrected chi connectivity index (χ2v) is 7.66. The van der Waals surface area contributed by atoms with Crippen LogP contribution in [0.5, 0.6) is 0 Å². The van der Waals surface area contributed by atoms with E-state index in [1.54, 1.807) is 6.07 Å². The summed E-state index contributed by atoms with van der Waals surface area (Å²) in [4.78, 5) is 12.0. The zero-order valence-electron chi connectivity index (χ0n) is 11.2. The summed E-state index contributed by atoms with van der Waals surface area (Å²) in [6.45, 7) is 1.86. The van der Waals surface area contributed by atoms with Gasteiger partial charge < -0.3 is 0 Å². The maximum atomic E-state index is 12.3. The number of rotatable bonds is 3. The van der Waals surface area contributed by atoms with Crippen LogP contribution in [0.4, 0.5) is 0 Å². The van der Waals surface area contributed by atoms with Gasteiger partial charge in [0.15, 0.2) is 5.25 Å². The Bertz CT molecular complexity index is 495. The normalized spacial score (nSPS) is 31.1. The summed E-state index contributed by atoms with van der Waals surface area (Å²) in [6.07, 6.45) is 4.80. The smallest absolute Gasteiger partial charge is 0.230 e. The predicted octanol–water partition coefficient (Wildman–Crippen LogP) is 1.45. The van der Waals surface area contributed by atoms with Crippen LogP contribution in [0.3, 0.4) is 0 Å². The van der Waals surface area contributed by atoms with Crippen molar-refractivity contribution >= 4 is 15.8 Å². The number of hydrogen-bond donors (Lipinski definition) is 0. The summed E-state index contributed by atoms with van der Waals surface area (Å²) < 4.78 is 26.1. The highest BCUT2D eigenvalue weighted by molar-refractivity contribution is 7.90. The third-order valence-electron chi connectivity index (χ3n) is 4.27. The van der Waals surface area contributed by atoms with Crippen LogP contribution in [-0.4, -0.2) is 36.3 Å². The first-order valence-electron chi connectivity index (χ1n) is 6.91. The first kappa shape index (κ1) is 14.5. The van der Waals surface area contributed by atoms with Crippen molar-refractivity contribution < 1.29 is 13.2 Å². The summed E-state index contributed by atoms with van der Waals surface area (Å²) >= 11 is 0. The van der Waals surface area contributed by atoms with Gasteiger partial charge in [-0.15, -0.1) is 0 Å². The average Bonchev–Trinajstić information content (AvgIpc) is 2.88. The van der Waals surface area contributed by atoms with E-state index in [2.05, 4.69) is 0 Å². The number of ketones is 1. The van der Waals surface area contributed by atoms with Gasteiger partial charge in [-0.2, -0.15) is 9.57 Å². The lowest BCUT2D eigenvalue weighted by Gasteiger charge is -2.32. The molecule has 0 spiro atoms. The molecule has 2 rings (SSSR count). The standard InChI is InChI=1S/C13H20N2O3S/c1-10(9-14)19(17,18)15-8-4-6-12(15)11-5-2-3-7-13(11)16/h10-12H,2-8H2,1H3. The van der Waals surface area contributed by atoms with Crippen molar-refractivity contribution in [2.45, 2.75) is 56.7 Å². The van der Waals surface area contributed by atoms with E-state index in [0.29, 0.717) is 13.0 Å². The Morgan fingerprint density at radius 1 is 1.32 bits per heavy atom. The number of nitrogens with zero attached hydrogens (tertiary/aromatic N) is 2. The molecule has 0 amide bonds. The minimum atomic E-state index is -3.59. The first-order chi connectivity index (χ1) is 8.98. The van der Waals surface area contributed by atoms with Crippen molar-refractivity contribution in [1.82, 2.24) is 4.31 Å². The monoisotopic (exact) mass is 284 g/mol. The molecule has 2 aliphatic rings. The third-order valence-corrected chi connectivity index (χ3v) is 6.38. The minimum absolute atomic E-state index is 0.156. The quantitative estimate of drug-likeness (QED) is 0.786. The van der Waals surface area contributed by atoms with E-state index in [-0.39, 0.29) is 17.7 Å². The molecule has 0 aromatic heterocycles. The molecule has 1 aliphatic carbocycles. The zero-order valence-corrected chi connectivity index (χ0v) is 12.0. The van der Waals surface area contributed by atoms with E-state index >= 15 is 0 Å². The molecule has 0 bridgehead atoms. The number of Topliss-reactive ketones (excluding diaryl/α,β-unsaturated/α-hetero) is 1. The number of nitriles is 1. The van der Waals surface area contributed by atoms with E-state index < -0.39 is 15.3 Å². The Kier molecular flexibility index (Phi) is 4.26. The summed E-state index contributed by atoms with van der Waals surface area (Å²) in [5.41, 5.74) is 0. The molecule has 5 nitrogen and oxygen atoms in total. The Morgan fingerprint density at radius 2 is 2.05 bits per heavy atom. The molecule has 19 heavy (non-hydrogen) atoms. The molecule has 1 aliphatic heterocycles. The highest BCUT2D eigenvalue weighted by atomic mass is 32.2. The molecule has 3 atom stereocenters. The first-order valence-corrected chi connectivity index (χ1v) is 8.42. The molecule has 0 radical (unpaired) electrons. The topological polar surface area (TPSA) is 78.2 Å². The Morgan fingerprint density at radius 3 is 2.68 bits per heavy atom. The minimum Gasteiger partial charge on any atom is -0.299 e. The molecular formula is C13H20N2O3S. The summed E-state index contributed by atoms with van der Waals surface area (Å²) in [5.74, 6) is 0.0416. The van der Waals surface area contributed by atoms with E-state index in [9.17, 15) is 13.2 Å². The fourth-order valence-electron chi connectivity index (χ4n) is 3.17. The lowest BCUT2D eigenvalue weighted by molar-refractivity contribution is -0.126. The van der Waals surface area contributed by atoms with E-state index in [1.165, 1.54) is 11.2 Å². The molecule has 1 saturated carbocycles. The fraction of sp³-hybridized carbons (Fsp3) is 0.846. The molecular weight excluding hydrogens is 264 g/mol. The average molecular weight is 284 g/mol.